The number of hydrogen-bond donors (Lipinski definition) is 0. The Morgan fingerprint density at radius 3 is 2.80 bits per heavy atom. The van der Waals surface area contributed by atoms with E-state index in [9.17, 15) is 9.18 Å². The minimum Gasteiger partial charge on any atom is -0.388 e. The summed E-state index contributed by atoms with van der Waals surface area (Å²) >= 11 is 3.04. The van der Waals surface area contributed by atoms with Crippen molar-refractivity contribution in [3.8, 4) is 11.5 Å². The first-order chi connectivity index (χ1) is 7.08. The number of rotatable bonds is 1. The molecule has 15 heavy (non-hydrogen) atoms. The van der Waals surface area contributed by atoms with E-state index in [1.54, 1.807) is 0 Å². The second-order valence-electron chi connectivity index (χ2n) is 2.93. The molecular formula is C9H6BrFN2O2. The van der Waals surface area contributed by atoms with E-state index >= 15 is 0 Å². The number of aryl methyl sites for hydroxylation is 1. The van der Waals surface area contributed by atoms with Gasteiger partial charge in [-0.1, -0.05) is 0 Å². The van der Waals surface area contributed by atoms with Crippen molar-refractivity contribution in [3.05, 3.63) is 39.0 Å². The van der Waals surface area contributed by atoms with Crippen LogP contribution in [0.3, 0.4) is 0 Å². The van der Waals surface area contributed by atoms with Crippen LogP contribution < -0.4 is 5.76 Å². The first kappa shape index (κ1) is 10.1. The lowest BCUT2D eigenvalue weighted by Crippen LogP contribution is -2.09. The minimum absolute atomic E-state index is 0.170. The topological polar surface area (TPSA) is 48.0 Å². The third-order valence-corrected chi connectivity index (χ3v) is 2.46. The van der Waals surface area contributed by atoms with Crippen molar-refractivity contribution >= 4 is 15.9 Å². The Bertz CT molecular complexity index is 561. The van der Waals surface area contributed by atoms with Gasteiger partial charge in [-0.25, -0.2) is 9.18 Å². The van der Waals surface area contributed by atoms with E-state index in [2.05, 4.69) is 21.0 Å². The third-order valence-electron chi connectivity index (χ3n) is 1.86. The lowest BCUT2D eigenvalue weighted by molar-refractivity contribution is 0.505. The summed E-state index contributed by atoms with van der Waals surface area (Å²) in [6, 6.07) is 4.26. The third kappa shape index (κ3) is 1.85. The summed E-state index contributed by atoms with van der Waals surface area (Å²) in [6.45, 7) is 0. The minimum atomic E-state index is -0.551. The molecule has 2 aromatic rings. The van der Waals surface area contributed by atoms with Crippen molar-refractivity contribution in [2.45, 2.75) is 0 Å². The predicted octanol–water partition coefficient (Wildman–Crippen LogP) is 1.94. The molecule has 1 heterocycles. The van der Waals surface area contributed by atoms with E-state index < -0.39 is 5.76 Å². The molecule has 0 saturated carbocycles. The number of hydrogen-bond acceptors (Lipinski definition) is 3. The maximum Gasteiger partial charge on any atom is 0.437 e. The summed E-state index contributed by atoms with van der Waals surface area (Å²) in [5.74, 6) is -0.759. The van der Waals surface area contributed by atoms with Gasteiger partial charge in [-0.05, 0) is 34.1 Å². The molecule has 78 valence electrons. The summed E-state index contributed by atoms with van der Waals surface area (Å²) in [4.78, 5) is 11.0. The quantitative estimate of drug-likeness (QED) is 0.797. The highest BCUT2D eigenvalue weighted by atomic mass is 79.9. The Morgan fingerprint density at radius 2 is 2.27 bits per heavy atom. The normalized spacial score (nSPS) is 10.6. The van der Waals surface area contributed by atoms with Gasteiger partial charge in [0.15, 0.2) is 0 Å². The molecule has 0 aliphatic carbocycles. The van der Waals surface area contributed by atoms with Gasteiger partial charge < -0.3 is 4.42 Å². The molecule has 0 N–H and O–H groups in total. The Labute approximate surface area is 92.5 Å². The summed E-state index contributed by atoms with van der Waals surface area (Å²) < 4.78 is 19.2. The molecule has 6 heteroatoms. The SMILES string of the molecule is Cn1nc(-c2ccc(F)c(Br)c2)oc1=O. The van der Waals surface area contributed by atoms with Gasteiger partial charge in [-0.2, -0.15) is 4.68 Å². The summed E-state index contributed by atoms with van der Waals surface area (Å²) in [5, 5.41) is 3.85. The van der Waals surface area contributed by atoms with Crippen LogP contribution in [0.4, 0.5) is 4.39 Å². The van der Waals surface area contributed by atoms with E-state index in [0.29, 0.717) is 10.0 Å². The molecule has 0 atom stereocenters. The fourth-order valence-corrected chi connectivity index (χ4v) is 1.47. The van der Waals surface area contributed by atoms with Crippen LogP contribution in [-0.4, -0.2) is 9.78 Å². The Hall–Kier alpha value is -1.43. The zero-order valence-corrected chi connectivity index (χ0v) is 9.28. The van der Waals surface area contributed by atoms with E-state index in [1.165, 1.54) is 25.2 Å². The number of benzene rings is 1. The molecule has 4 nitrogen and oxygen atoms in total. The standard InChI is InChI=1S/C9H6BrFN2O2/c1-13-9(14)15-8(12-13)5-2-3-7(11)6(10)4-5/h2-4H,1H3. The van der Waals surface area contributed by atoms with Crippen LogP contribution in [0.2, 0.25) is 0 Å². The lowest BCUT2D eigenvalue weighted by Gasteiger charge is -1.96. The Morgan fingerprint density at radius 1 is 1.53 bits per heavy atom. The molecule has 0 unspecified atom stereocenters. The number of halogens is 2. The highest BCUT2D eigenvalue weighted by Crippen LogP contribution is 2.22. The van der Waals surface area contributed by atoms with Gasteiger partial charge in [0, 0.05) is 12.6 Å². The Balaban J connectivity index is 2.54. The molecule has 0 radical (unpaired) electrons. The van der Waals surface area contributed by atoms with Gasteiger partial charge in [0.2, 0.25) is 5.89 Å². The van der Waals surface area contributed by atoms with Gasteiger partial charge in [0.25, 0.3) is 0 Å². The second kappa shape index (κ2) is 3.62. The van der Waals surface area contributed by atoms with Crippen molar-refractivity contribution in [2.24, 2.45) is 7.05 Å². The van der Waals surface area contributed by atoms with Crippen LogP contribution in [0.5, 0.6) is 0 Å². The highest BCUT2D eigenvalue weighted by Gasteiger charge is 2.09. The average Bonchev–Trinajstić information content (AvgIpc) is 2.52. The van der Waals surface area contributed by atoms with Gasteiger partial charge in [0.1, 0.15) is 5.82 Å². The summed E-state index contributed by atoms with van der Waals surface area (Å²) in [6.07, 6.45) is 0. The summed E-state index contributed by atoms with van der Waals surface area (Å²) in [7, 11) is 1.48. The number of nitrogens with zero attached hydrogens (tertiary/aromatic N) is 2. The van der Waals surface area contributed by atoms with Crippen molar-refractivity contribution in [1.82, 2.24) is 9.78 Å². The first-order valence-corrected chi connectivity index (χ1v) is 4.87. The van der Waals surface area contributed by atoms with Crippen LogP contribution >= 0.6 is 15.9 Å². The van der Waals surface area contributed by atoms with E-state index in [1.807, 2.05) is 0 Å². The van der Waals surface area contributed by atoms with Crippen LogP contribution in [-0.2, 0) is 7.05 Å². The fourth-order valence-electron chi connectivity index (χ4n) is 1.09. The monoisotopic (exact) mass is 272 g/mol. The molecule has 0 spiro atoms. The van der Waals surface area contributed by atoms with E-state index in [-0.39, 0.29) is 11.7 Å². The Kier molecular flexibility index (Phi) is 2.44. The molecule has 0 bridgehead atoms. The van der Waals surface area contributed by atoms with Crippen molar-refractivity contribution < 1.29 is 8.81 Å². The molecule has 1 aromatic heterocycles. The fraction of sp³-hybridized carbons (Fsp3) is 0.111. The zero-order valence-electron chi connectivity index (χ0n) is 7.70. The van der Waals surface area contributed by atoms with E-state index in [4.69, 9.17) is 4.42 Å². The largest absolute Gasteiger partial charge is 0.437 e. The van der Waals surface area contributed by atoms with Crippen molar-refractivity contribution in [3.63, 3.8) is 0 Å². The average molecular weight is 273 g/mol. The summed E-state index contributed by atoms with van der Waals surface area (Å²) in [5.41, 5.74) is 0.543. The van der Waals surface area contributed by atoms with Gasteiger partial charge in [-0.15, -0.1) is 5.10 Å². The maximum absolute atomic E-state index is 12.9. The zero-order chi connectivity index (χ0) is 11.0. The van der Waals surface area contributed by atoms with Gasteiger partial charge in [0.05, 0.1) is 4.47 Å². The molecule has 0 aliphatic rings. The van der Waals surface area contributed by atoms with Gasteiger partial charge >= 0.3 is 5.76 Å². The smallest absolute Gasteiger partial charge is 0.388 e. The molecule has 0 aliphatic heterocycles. The molecule has 2 rings (SSSR count). The van der Waals surface area contributed by atoms with Crippen molar-refractivity contribution in [2.75, 3.05) is 0 Å². The second-order valence-corrected chi connectivity index (χ2v) is 3.78. The van der Waals surface area contributed by atoms with Crippen LogP contribution in [0.15, 0.2) is 31.9 Å². The van der Waals surface area contributed by atoms with Crippen LogP contribution in [0, 0.1) is 5.82 Å². The van der Waals surface area contributed by atoms with E-state index in [0.717, 1.165) is 4.68 Å². The number of aromatic nitrogens is 2. The highest BCUT2D eigenvalue weighted by molar-refractivity contribution is 9.10. The molecular weight excluding hydrogens is 267 g/mol. The molecule has 1 aromatic carbocycles. The van der Waals surface area contributed by atoms with Crippen LogP contribution in [0.1, 0.15) is 0 Å². The predicted molar refractivity (Wildman–Crippen MR) is 54.8 cm³/mol. The molecule has 0 fully saturated rings. The lowest BCUT2D eigenvalue weighted by atomic mass is 10.2. The first-order valence-electron chi connectivity index (χ1n) is 4.07. The van der Waals surface area contributed by atoms with Gasteiger partial charge in [-0.3, -0.25) is 0 Å². The van der Waals surface area contributed by atoms with Crippen molar-refractivity contribution in [1.29, 1.82) is 0 Å². The van der Waals surface area contributed by atoms with Crippen LogP contribution in [0.25, 0.3) is 11.5 Å². The molecule has 0 saturated heterocycles. The maximum atomic E-state index is 12.9. The molecule has 0 amide bonds.